The fraction of sp³-hybridized carbons (Fsp3) is 0.550. The lowest BCUT2D eigenvalue weighted by molar-refractivity contribution is 0.120. The average Bonchev–Trinajstić information content (AvgIpc) is 2.96. The molecule has 0 aliphatic heterocycles. The molecule has 0 unspecified atom stereocenters. The van der Waals surface area contributed by atoms with Crippen molar-refractivity contribution < 1.29 is 13.5 Å². The summed E-state index contributed by atoms with van der Waals surface area (Å²) in [6.45, 7) is 7.87. The van der Waals surface area contributed by atoms with Crippen LogP contribution < -0.4 is 10.0 Å². The predicted molar refractivity (Wildman–Crippen MR) is 114 cm³/mol. The van der Waals surface area contributed by atoms with Crippen molar-refractivity contribution in [2.75, 3.05) is 5.32 Å². The summed E-state index contributed by atoms with van der Waals surface area (Å²) in [5.41, 5.74) is 2.46. The zero-order chi connectivity index (χ0) is 20.5. The smallest absolute Gasteiger partial charge is 0.241 e. The first-order valence-electron chi connectivity index (χ1n) is 9.71. The second-order valence-corrected chi connectivity index (χ2v) is 10.5. The molecule has 1 aliphatic rings. The molecule has 1 fully saturated rings. The van der Waals surface area contributed by atoms with Gasteiger partial charge in [0.2, 0.25) is 10.0 Å². The minimum Gasteiger partial charge on any atom is -0.393 e. The number of aliphatic hydroxyl groups is 1. The van der Waals surface area contributed by atoms with Crippen LogP contribution in [0.5, 0.6) is 0 Å². The van der Waals surface area contributed by atoms with Crippen LogP contribution in [-0.4, -0.2) is 36.7 Å². The van der Waals surface area contributed by atoms with Gasteiger partial charge >= 0.3 is 0 Å². The van der Waals surface area contributed by atoms with Gasteiger partial charge in [-0.15, -0.1) is 0 Å². The summed E-state index contributed by atoms with van der Waals surface area (Å²) in [5, 5.41) is 13.8. The van der Waals surface area contributed by atoms with Crippen LogP contribution in [0.3, 0.4) is 0 Å². The number of anilines is 1. The fourth-order valence-corrected chi connectivity index (χ4v) is 6.16. The number of thiazole rings is 1. The zero-order valence-corrected chi connectivity index (χ0v) is 18.5. The van der Waals surface area contributed by atoms with E-state index in [1.165, 1.54) is 11.3 Å². The van der Waals surface area contributed by atoms with Crippen LogP contribution >= 0.6 is 11.3 Å². The van der Waals surface area contributed by atoms with Crippen LogP contribution in [0, 0.1) is 13.8 Å². The average molecular weight is 424 g/mol. The Balaban J connectivity index is 1.88. The summed E-state index contributed by atoms with van der Waals surface area (Å²) in [4.78, 5) is 5.84. The number of aliphatic hydroxyl groups excluding tert-OH is 1. The summed E-state index contributed by atoms with van der Waals surface area (Å²) in [7, 11) is -3.63. The van der Waals surface area contributed by atoms with Crippen molar-refractivity contribution in [2.24, 2.45) is 0 Å². The van der Waals surface area contributed by atoms with Gasteiger partial charge in [-0.05, 0) is 70.6 Å². The molecule has 0 atom stereocenters. The number of aryl methyl sites for hydroxylation is 2. The van der Waals surface area contributed by atoms with Gasteiger partial charge in [-0.1, -0.05) is 23.5 Å². The molecule has 0 spiro atoms. The normalized spacial score (nSPS) is 20.5. The molecule has 0 amide bonds. The lowest BCUT2D eigenvalue weighted by Gasteiger charge is -2.26. The molecule has 0 saturated heterocycles. The summed E-state index contributed by atoms with van der Waals surface area (Å²) >= 11 is 1.54. The van der Waals surface area contributed by atoms with Crippen molar-refractivity contribution in [2.45, 2.75) is 76.5 Å². The molecule has 1 aromatic heterocycles. The van der Waals surface area contributed by atoms with Crippen molar-refractivity contribution in [3.63, 3.8) is 0 Å². The topological polar surface area (TPSA) is 91.3 Å². The maximum absolute atomic E-state index is 13.0. The molecule has 28 heavy (non-hydrogen) atoms. The molecule has 2 aromatic rings. The number of hydrogen-bond acceptors (Lipinski definition) is 6. The summed E-state index contributed by atoms with van der Waals surface area (Å²) in [6, 6.07) is 5.71. The van der Waals surface area contributed by atoms with E-state index in [0.717, 1.165) is 26.8 Å². The van der Waals surface area contributed by atoms with Gasteiger partial charge in [0, 0.05) is 12.1 Å². The molecule has 1 heterocycles. The molecule has 1 saturated carbocycles. The van der Waals surface area contributed by atoms with Crippen molar-refractivity contribution in [3.05, 3.63) is 29.5 Å². The van der Waals surface area contributed by atoms with E-state index in [0.29, 0.717) is 30.6 Å². The van der Waals surface area contributed by atoms with Crippen molar-refractivity contribution in [3.8, 4) is 10.4 Å². The molecule has 3 rings (SSSR count). The number of rotatable bonds is 6. The van der Waals surface area contributed by atoms with E-state index >= 15 is 0 Å². The molecule has 154 valence electrons. The molecule has 1 aromatic carbocycles. The number of nitrogens with one attached hydrogen (secondary N) is 2. The van der Waals surface area contributed by atoms with E-state index in [9.17, 15) is 13.5 Å². The van der Waals surface area contributed by atoms with Gasteiger partial charge in [0.05, 0.1) is 21.6 Å². The monoisotopic (exact) mass is 423 g/mol. The van der Waals surface area contributed by atoms with E-state index in [-0.39, 0.29) is 18.2 Å². The molecular formula is C20H29N3O3S2. The van der Waals surface area contributed by atoms with Crippen LogP contribution in [0.15, 0.2) is 23.1 Å². The van der Waals surface area contributed by atoms with Crippen LogP contribution in [0.2, 0.25) is 0 Å². The number of hydrogen-bond donors (Lipinski definition) is 3. The largest absolute Gasteiger partial charge is 0.393 e. The highest BCUT2D eigenvalue weighted by molar-refractivity contribution is 7.89. The third-order valence-corrected chi connectivity index (χ3v) is 7.77. The maximum Gasteiger partial charge on any atom is 0.241 e. The SMILES string of the molecule is Cc1ccc(-c2sc(NC(C)C)nc2C)cc1S(=O)(=O)N[C@H]1CC[C@H](O)CC1. The van der Waals surface area contributed by atoms with E-state index in [1.807, 2.05) is 26.0 Å². The van der Waals surface area contributed by atoms with Gasteiger partial charge in [-0.25, -0.2) is 18.1 Å². The zero-order valence-electron chi connectivity index (χ0n) is 16.8. The second-order valence-electron chi connectivity index (χ2n) is 7.84. The minimum absolute atomic E-state index is 0.122. The summed E-state index contributed by atoms with van der Waals surface area (Å²) < 4.78 is 28.9. The number of nitrogens with zero attached hydrogens (tertiary/aromatic N) is 1. The van der Waals surface area contributed by atoms with Gasteiger partial charge in [0.1, 0.15) is 0 Å². The van der Waals surface area contributed by atoms with Gasteiger partial charge < -0.3 is 10.4 Å². The van der Waals surface area contributed by atoms with Crippen molar-refractivity contribution in [1.29, 1.82) is 0 Å². The first-order chi connectivity index (χ1) is 13.2. The first-order valence-corrected chi connectivity index (χ1v) is 12.0. The summed E-state index contributed by atoms with van der Waals surface area (Å²) in [5.74, 6) is 0. The van der Waals surface area contributed by atoms with Gasteiger partial charge in [-0.3, -0.25) is 0 Å². The Bertz CT molecular complexity index is 930. The summed E-state index contributed by atoms with van der Waals surface area (Å²) in [6.07, 6.45) is 2.29. The van der Waals surface area contributed by atoms with Crippen LogP contribution in [0.1, 0.15) is 50.8 Å². The van der Waals surface area contributed by atoms with Crippen LogP contribution in [0.4, 0.5) is 5.13 Å². The van der Waals surface area contributed by atoms with E-state index in [2.05, 4.69) is 28.9 Å². The highest BCUT2D eigenvalue weighted by atomic mass is 32.2. The molecule has 6 nitrogen and oxygen atoms in total. The number of benzene rings is 1. The van der Waals surface area contributed by atoms with Crippen LogP contribution in [0.25, 0.3) is 10.4 Å². The van der Waals surface area contributed by atoms with Crippen molar-refractivity contribution in [1.82, 2.24) is 9.71 Å². The number of aromatic nitrogens is 1. The fourth-order valence-electron chi connectivity index (χ4n) is 3.48. The first kappa shape index (κ1) is 21.2. The van der Waals surface area contributed by atoms with Gasteiger partial charge in [0.25, 0.3) is 0 Å². The Hall–Kier alpha value is -1.48. The van der Waals surface area contributed by atoms with Gasteiger partial charge in [-0.2, -0.15) is 0 Å². The standard InChI is InChI=1S/C20H29N3O3S2/c1-12(2)21-20-22-14(4)19(27-20)15-6-5-13(3)18(11-15)28(25,26)23-16-7-9-17(24)10-8-16/h5-6,11-12,16-17,23-24H,7-10H2,1-4H3,(H,21,22)/t16-,17-. The molecular weight excluding hydrogens is 394 g/mol. The lowest BCUT2D eigenvalue weighted by atomic mass is 9.94. The number of sulfonamides is 1. The lowest BCUT2D eigenvalue weighted by Crippen LogP contribution is -2.38. The Morgan fingerprint density at radius 3 is 2.50 bits per heavy atom. The molecule has 0 radical (unpaired) electrons. The van der Waals surface area contributed by atoms with E-state index in [4.69, 9.17) is 0 Å². The van der Waals surface area contributed by atoms with Gasteiger partial charge in [0.15, 0.2) is 5.13 Å². The molecule has 1 aliphatic carbocycles. The maximum atomic E-state index is 13.0. The highest BCUT2D eigenvalue weighted by Gasteiger charge is 2.26. The van der Waals surface area contributed by atoms with E-state index < -0.39 is 10.0 Å². The third kappa shape index (κ3) is 4.92. The quantitative estimate of drug-likeness (QED) is 0.657. The highest BCUT2D eigenvalue weighted by Crippen LogP contribution is 2.35. The Morgan fingerprint density at radius 2 is 1.86 bits per heavy atom. The Kier molecular flexibility index (Phi) is 6.44. The second kappa shape index (κ2) is 8.49. The van der Waals surface area contributed by atoms with E-state index in [1.54, 1.807) is 6.07 Å². The molecule has 0 bridgehead atoms. The molecule has 3 N–H and O–H groups in total. The third-order valence-electron chi connectivity index (χ3n) is 4.97. The Labute approximate surface area is 171 Å². The Morgan fingerprint density at radius 1 is 1.18 bits per heavy atom. The molecule has 8 heteroatoms. The van der Waals surface area contributed by atoms with Crippen LogP contribution in [-0.2, 0) is 10.0 Å². The minimum atomic E-state index is -3.63. The predicted octanol–water partition coefficient (Wildman–Crippen LogP) is 3.83. The van der Waals surface area contributed by atoms with Crippen molar-refractivity contribution >= 4 is 26.5 Å².